The van der Waals surface area contributed by atoms with E-state index in [0.717, 1.165) is 29.9 Å². The van der Waals surface area contributed by atoms with Crippen LogP contribution in [0, 0.1) is 13.8 Å². The second-order valence-electron chi connectivity index (χ2n) is 8.45. The third-order valence-electron chi connectivity index (χ3n) is 5.80. The minimum Gasteiger partial charge on any atom is -0.353 e. The minimum atomic E-state index is -0.124. The largest absolute Gasteiger partial charge is 0.353 e. The van der Waals surface area contributed by atoms with Gasteiger partial charge in [0.1, 0.15) is 11.0 Å². The van der Waals surface area contributed by atoms with Gasteiger partial charge in [0.2, 0.25) is 11.8 Å². The standard InChI is InChI=1S/C24H32ClN5O2S/c1-5-6-7-23(32)30-11-10-29(14-18(30)4)21-13-20(25)27-24(28-21)33-15-22(31)26-19-9-8-16(2)17(3)12-19/h8-9,12-13,18H,5-7,10-11,14-15H2,1-4H3,(H,26,31). The number of nitrogens with one attached hydrogen (secondary N) is 1. The van der Waals surface area contributed by atoms with Gasteiger partial charge in [-0.05, 0) is 50.5 Å². The third kappa shape index (κ3) is 7.08. The van der Waals surface area contributed by atoms with Gasteiger partial charge >= 0.3 is 0 Å². The number of unbranched alkanes of at least 4 members (excludes halogenated alkanes) is 1. The van der Waals surface area contributed by atoms with E-state index < -0.39 is 0 Å². The van der Waals surface area contributed by atoms with Crippen molar-refractivity contribution in [2.24, 2.45) is 0 Å². The Balaban J connectivity index is 1.58. The maximum Gasteiger partial charge on any atom is 0.234 e. The Bertz CT molecular complexity index is 1000. The molecule has 2 heterocycles. The van der Waals surface area contributed by atoms with E-state index in [0.29, 0.717) is 36.4 Å². The van der Waals surface area contributed by atoms with E-state index in [-0.39, 0.29) is 23.6 Å². The summed E-state index contributed by atoms with van der Waals surface area (Å²) in [7, 11) is 0. The number of aryl methyl sites for hydroxylation is 2. The molecule has 1 atom stereocenters. The summed E-state index contributed by atoms with van der Waals surface area (Å²) in [5.41, 5.74) is 3.09. The lowest BCUT2D eigenvalue weighted by atomic mass is 10.1. The van der Waals surface area contributed by atoms with Gasteiger partial charge in [-0.1, -0.05) is 42.8 Å². The molecule has 1 aliphatic rings. The number of benzene rings is 1. The van der Waals surface area contributed by atoms with E-state index in [2.05, 4.69) is 34.0 Å². The minimum absolute atomic E-state index is 0.0942. The smallest absolute Gasteiger partial charge is 0.234 e. The maximum atomic E-state index is 12.5. The van der Waals surface area contributed by atoms with E-state index in [9.17, 15) is 9.59 Å². The van der Waals surface area contributed by atoms with Crippen molar-refractivity contribution in [2.75, 3.05) is 35.6 Å². The molecule has 0 spiro atoms. The average molecular weight is 490 g/mol. The molecule has 7 nitrogen and oxygen atoms in total. The maximum absolute atomic E-state index is 12.5. The SMILES string of the molecule is CCCCC(=O)N1CCN(c2cc(Cl)nc(SCC(=O)Nc3ccc(C)c(C)c3)n2)CC1C. The van der Waals surface area contributed by atoms with Gasteiger partial charge in [-0.15, -0.1) is 0 Å². The van der Waals surface area contributed by atoms with Crippen molar-refractivity contribution in [3.63, 3.8) is 0 Å². The van der Waals surface area contributed by atoms with E-state index in [4.69, 9.17) is 11.6 Å². The molecule has 0 radical (unpaired) electrons. The Morgan fingerprint density at radius 2 is 1.97 bits per heavy atom. The van der Waals surface area contributed by atoms with Crippen LogP contribution in [0.3, 0.4) is 0 Å². The van der Waals surface area contributed by atoms with Crippen molar-refractivity contribution >= 4 is 46.7 Å². The summed E-state index contributed by atoms with van der Waals surface area (Å²) in [6.45, 7) is 10.2. The summed E-state index contributed by atoms with van der Waals surface area (Å²) in [6, 6.07) is 7.67. The number of amides is 2. The highest BCUT2D eigenvalue weighted by atomic mass is 35.5. The number of hydrogen-bond donors (Lipinski definition) is 1. The van der Waals surface area contributed by atoms with Crippen LogP contribution in [-0.2, 0) is 9.59 Å². The zero-order valence-corrected chi connectivity index (χ0v) is 21.3. The Labute approximate surface area is 205 Å². The van der Waals surface area contributed by atoms with Gasteiger partial charge in [-0.25, -0.2) is 9.97 Å². The van der Waals surface area contributed by atoms with Gasteiger partial charge in [0.25, 0.3) is 0 Å². The van der Waals surface area contributed by atoms with Crippen LogP contribution in [0.4, 0.5) is 11.5 Å². The number of hydrogen-bond acceptors (Lipinski definition) is 6. The molecule has 0 aliphatic carbocycles. The molecule has 178 valence electrons. The molecule has 0 bridgehead atoms. The summed E-state index contributed by atoms with van der Waals surface area (Å²) in [6.07, 6.45) is 2.54. The molecule has 1 saturated heterocycles. The Morgan fingerprint density at radius 1 is 1.18 bits per heavy atom. The van der Waals surface area contributed by atoms with Crippen molar-refractivity contribution in [3.8, 4) is 0 Å². The Kier molecular flexibility index (Phi) is 8.97. The summed E-state index contributed by atoms with van der Waals surface area (Å²) in [5.74, 6) is 1.000. The van der Waals surface area contributed by atoms with Crippen LogP contribution < -0.4 is 10.2 Å². The van der Waals surface area contributed by atoms with E-state index >= 15 is 0 Å². The summed E-state index contributed by atoms with van der Waals surface area (Å²) < 4.78 is 0. The van der Waals surface area contributed by atoms with Crippen LogP contribution >= 0.6 is 23.4 Å². The molecular formula is C24H32ClN5O2S. The van der Waals surface area contributed by atoms with Crippen LogP contribution in [0.15, 0.2) is 29.4 Å². The van der Waals surface area contributed by atoms with E-state index in [1.54, 1.807) is 6.07 Å². The summed E-state index contributed by atoms with van der Waals surface area (Å²) >= 11 is 7.52. The number of aromatic nitrogens is 2. The predicted octanol–water partition coefficient (Wildman–Crippen LogP) is 4.70. The molecule has 2 aromatic rings. The quantitative estimate of drug-likeness (QED) is 0.329. The number of nitrogens with zero attached hydrogens (tertiary/aromatic N) is 4. The average Bonchev–Trinajstić information content (AvgIpc) is 2.78. The normalized spacial score (nSPS) is 16.1. The number of carbonyl (C=O) groups excluding carboxylic acids is 2. The van der Waals surface area contributed by atoms with Crippen molar-refractivity contribution in [3.05, 3.63) is 40.5 Å². The van der Waals surface area contributed by atoms with Gasteiger partial charge in [-0.2, -0.15) is 0 Å². The highest BCUT2D eigenvalue weighted by Gasteiger charge is 2.28. The molecule has 33 heavy (non-hydrogen) atoms. The second kappa shape index (κ2) is 11.7. The molecule has 0 saturated carbocycles. The lowest BCUT2D eigenvalue weighted by molar-refractivity contribution is -0.133. The summed E-state index contributed by atoms with van der Waals surface area (Å²) in [5, 5.41) is 3.71. The van der Waals surface area contributed by atoms with Gasteiger partial charge in [-0.3, -0.25) is 9.59 Å². The number of carbonyl (C=O) groups is 2. The number of thioether (sulfide) groups is 1. The lowest BCUT2D eigenvalue weighted by Crippen LogP contribution is -2.54. The molecule has 1 unspecified atom stereocenters. The molecule has 1 fully saturated rings. The molecule has 1 aromatic heterocycles. The summed E-state index contributed by atoms with van der Waals surface area (Å²) in [4.78, 5) is 37.8. The van der Waals surface area contributed by atoms with Crippen LogP contribution in [0.25, 0.3) is 0 Å². The van der Waals surface area contributed by atoms with Crippen molar-refractivity contribution < 1.29 is 9.59 Å². The second-order valence-corrected chi connectivity index (χ2v) is 9.78. The Morgan fingerprint density at radius 3 is 2.67 bits per heavy atom. The van der Waals surface area contributed by atoms with Crippen LogP contribution in [0.2, 0.25) is 5.15 Å². The van der Waals surface area contributed by atoms with Crippen molar-refractivity contribution in [2.45, 2.75) is 58.2 Å². The lowest BCUT2D eigenvalue weighted by Gasteiger charge is -2.40. The van der Waals surface area contributed by atoms with Gasteiger partial charge < -0.3 is 15.1 Å². The first-order valence-corrected chi connectivity index (χ1v) is 12.7. The van der Waals surface area contributed by atoms with E-state index in [1.165, 1.54) is 17.3 Å². The van der Waals surface area contributed by atoms with E-state index in [1.807, 2.05) is 36.9 Å². The highest BCUT2D eigenvalue weighted by molar-refractivity contribution is 7.99. The first-order chi connectivity index (χ1) is 15.8. The van der Waals surface area contributed by atoms with Crippen molar-refractivity contribution in [1.29, 1.82) is 0 Å². The first kappa shape index (κ1) is 25.3. The fraction of sp³-hybridized carbons (Fsp3) is 0.500. The van der Waals surface area contributed by atoms with Crippen LogP contribution in [0.5, 0.6) is 0 Å². The Hall–Kier alpha value is -2.32. The topological polar surface area (TPSA) is 78.4 Å². The van der Waals surface area contributed by atoms with Gasteiger partial charge in [0.15, 0.2) is 5.16 Å². The van der Waals surface area contributed by atoms with Crippen molar-refractivity contribution in [1.82, 2.24) is 14.9 Å². The number of piperazine rings is 1. The monoisotopic (exact) mass is 489 g/mol. The molecule has 1 aliphatic heterocycles. The number of rotatable bonds is 8. The number of anilines is 2. The molecule has 2 amide bonds. The zero-order chi connectivity index (χ0) is 24.0. The zero-order valence-electron chi connectivity index (χ0n) is 19.7. The van der Waals surface area contributed by atoms with Gasteiger partial charge in [0, 0.05) is 43.9 Å². The fourth-order valence-corrected chi connectivity index (χ4v) is 4.65. The third-order valence-corrected chi connectivity index (χ3v) is 6.84. The van der Waals surface area contributed by atoms with Crippen LogP contribution in [-0.4, -0.2) is 58.1 Å². The highest BCUT2D eigenvalue weighted by Crippen LogP contribution is 2.25. The number of halogens is 1. The molecule has 9 heteroatoms. The molecular weight excluding hydrogens is 458 g/mol. The van der Waals surface area contributed by atoms with Gasteiger partial charge in [0.05, 0.1) is 5.75 Å². The van der Waals surface area contributed by atoms with Crippen LogP contribution in [0.1, 0.15) is 44.2 Å². The molecule has 1 N–H and O–H groups in total. The molecule has 3 rings (SSSR count). The predicted molar refractivity (Wildman–Crippen MR) is 135 cm³/mol. The molecule has 1 aromatic carbocycles. The first-order valence-electron chi connectivity index (χ1n) is 11.4. The fourth-order valence-electron chi connectivity index (χ4n) is 3.77.